The van der Waals surface area contributed by atoms with E-state index in [0.29, 0.717) is 44.9 Å². The number of nitrogens with one attached hydrogen (secondary N) is 1. The molecule has 0 aliphatic carbocycles. The Hall–Kier alpha value is -2.09. The quantitative estimate of drug-likeness (QED) is 0.905. The molecule has 2 amide bonds. The summed E-state index contributed by atoms with van der Waals surface area (Å²) in [5, 5.41) is 2.90. The number of alkyl halides is 2. The summed E-state index contributed by atoms with van der Waals surface area (Å²) in [6.07, 6.45) is -1.64. The molecule has 3 rings (SSSR count). The molecule has 0 atom stereocenters. The van der Waals surface area contributed by atoms with Gasteiger partial charge in [0.25, 0.3) is 6.43 Å². The molecule has 0 unspecified atom stereocenters. The Morgan fingerprint density at radius 3 is 2.88 bits per heavy atom. The van der Waals surface area contributed by atoms with Crippen molar-refractivity contribution in [1.29, 1.82) is 0 Å². The maximum atomic E-state index is 12.5. The highest BCUT2D eigenvalue weighted by molar-refractivity contribution is 5.90. The molecule has 1 aromatic rings. The van der Waals surface area contributed by atoms with Crippen LogP contribution in [-0.4, -0.2) is 75.2 Å². The Morgan fingerprint density at radius 2 is 2.08 bits per heavy atom. The number of hydrogen-bond donors (Lipinski definition) is 1. The van der Waals surface area contributed by atoms with Crippen molar-refractivity contribution in [2.24, 2.45) is 0 Å². The summed E-state index contributed by atoms with van der Waals surface area (Å²) in [5.74, 6) is 0.809. The van der Waals surface area contributed by atoms with Crippen molar-refractivity contribution in [2.45, 2.75) is 12.8 Å². The monoisotopic (exact) mass is 354 g/mol. The summed E-state index contributed by atoms with van der Waals surface area (Å²) in [5.41, 5.74) is 1.65. The first-order chi connectivity index (χ1) is 12.0. The first-order valence-electron chi connectivity index (χ1n) is 8.57. The zero-order chi connectivity index (χ0) is 17.8. The third kappa shape index (κ3) is 4.50. The lowest BCUT2D eigenvalue weighted by Crippen LogP contribution is -2.38. The summed E-state index contributed by atoms with van der Waals surface area (Å²) in [4.78, 5) is 18.0. The van der Waals surface area contributed by atoms with Gasteiger partial charge in [-0.25, -0.2) is 13.6 Å². The number of fused-ring (bicyclic) bond motifs is 1. The largest absolute Gasteiger partial charge is 0.490 e. The first-order valence-corrected chi connectivity index (χ1v) is 8.57. The van der Waals surface area contributed by atoms with Gasteiger partial charge in [0, 0.05) is 38.9 Å². The lowest BCUT2D eigenvalue weighted by molar-refractivity contribution is 0.0905. The van der Waals surface area contributed by atoms with Gasteiger partial charge in [-0.3, -0.25) is 4.90 Å². The highest BCUT2D eigenvalue weighted by atomic mass is 19.3. The molecule has 0 spiro atoms. The number of ether oxygens (including phenoxy) is 1. The standard InChI is InChI=1S/C17H24F2N4O2/c1-21-9-10-25-15-4-3-13(11-14(15)21)20-17(24)23-6-2-5-22(7-8-23)12-16(18)19/h3-4,11,16H,2,5-10,12H2,1H3,(H,20,24). The van der Waals surface area contributed by atoms with E-state index in [0.717, 1.165) is 18.0 Å². The van der Waals surface area contributed by atoms with Gasteiger partial charge in [-0.05, 0) is 24.6 Å². The van der Waals surface area contributed by atoms with E-state index in [1.54, 1.807) is 9.80 Å². The number of hydrogen-bond acceptors (Lipinski definition) is 4. The van der Waals surface area contributed by atoms with Gasteiger partial charge in [-0.15, -0.1) is 0 Å². The number of likely N-dealkylation sites (N-methyl/N-ethyl adjacent to an activating group) is 1. The Bertz CT molecular complexity index is 614. The number of rotatable bonds is 3. The lowest BCUT2D eigenvalue weighted by atomic mass is 10.2. The molecule has 1 aromatic carbocycles. The molecule has 138 valence electrons. The van der Waals surface area contributed by atoms with Gasteiger partial charge < -0.3 is 19.9 Å². The van der Waals surface area contributed by atoms with Crippen molar-refractivity contribution in [3.8, 4) is 5.75 Å². The molecule has 2 heterocycles. The predicted molar refractivity (Wildman–Crippen MR) is 92.9 cm³/mol. The maximum absolute atomic E-state index is 12.5. The van der Waals surface area contributed by atoms with Gasteiger partial charge in [-0.2, -0.15) is 0 Å². The average Bonchev–Trinajstić information content (AvgIpc) is 2.81. The number of carbonyl (C=O) groups excluding carboxylic acids is 1. The first kappa shape index (κ1) is 17.7. The molecule has 0 aromatic heterocycles. The molecule has 25 heavy (non-hydrogen) atoms. The van der Waals surface area contributed by atoms with Gasteiger partial charge in [0.1, 0.15) is 12.4 Å². The van der Waals surface area contributed by atoms with Crippen LogP contribution in [0.3, 0.4) is 0 Å². The normalized spacial score (nSPS) is 18.6. The van der Waals surface area contributed by atoms with Crippen LogP contribution in [0.2, 0.25) is 0 Å². The molecule has 0 radical (unpaired) electrons. The number of amides is 2. The summed E-state index contributed by atoms with van der Waals surface area (Å²) in [6, 6.07) is 5.37. The fraction of sp³-hybridized carbons (Fsp3) is 0.588. The second-order valence-corrected chi connectivity index (χ2v) is 6.41. The fourth-order valence-electron chi connectivity index (χ4n) is 3.18. The molecule has 8 heteroatoms. The van der Waals surface area contributed by atoms with E-state index < -0.39 is 6.43 Å². The van der Waals surface area contributed by atoms with Crippen LogP contribution in [0, 0.1) is 0 Å². The van der Waals surface area contributed by atoms with Crippen LogP contribution in [0.4, 0.5) is 25.0 Å². The number of anilines is 2. The highest BCUT2D eigenvalue weighted by Gasteiger charge is 2.22. The van der Waals surface area contributed by atoms with Gasteiger partial charge in [0.05, 0.1) is 18.8 Å². The van der Waals surface area contributed by atoms with Crippen LogP contribution in [-0.2, 0) is 0 Å². The Morgan fingerprint density at radius 1 is 1.24 bits per heavy atom. The van der Waals surface area contributed by atoms with Crippen molar-refractivity contribution >= 4 is 17.4 Å². The zero-order valence-corrected chi connectivity index (χ0v) is 14.4. The van der Waals surface area contributed by atoms with E-state index >= 15 is 0 Å². The van der Waals surface area contributed by atoms with E-state index in [1.807, 2.05) is 25.2 Å². The minimum atomic E-state index is -2.34. The molecular weight excluding hydrogens is 330 g/mol. The minimum Gasteiger partial charge on any atom is -0.490 e. The van der Waals surface area contributed by atoms with Crippen molar-refractivity contribution in [2.75, 3.05) is 63.1 Å². The zero-order valence-electron chi connectivity index (χ0n) is 14.4. The molecule has 2 aliphatic heterocycles. The smallest absolute Gasteiger partial charge is 0.321 e. The molecule has 2 aliphatic rings. The van der Waals surface area contributed by atoms with E-state index in [9.17, 15) is 13.6 Å². The van der Waals surface area contributed by atoms with Crippen LogP contribution in [0.25, 0.3) is 0 Å². The molecule has 1 saturated heterocycles. The fourth-order valence-corrected chi connectivity index (χ4v) is 3.18. The number of urea groups is 1. The molecule has 6 nitrogen and oxygen atoms in total. The maximum Gasteiger partial charge on any atom is 0.321 e. The highest BCUT2D eigenvalue weighted by Crippen LogP contribution is 2.33. The summed E-state index contributed by atoms with van der Waals surface area (Å²) < 4.78 is 30.6. The third-order valence-corrected chi connectivity index (χ3v) is 4.58. The Kier molecular flexibility index (Phi) is 5.57. The molecule has 0 bridgehead atoms. The van der Waals surface area contributed by atoms with Crippen LogP contribution in [0.1, 0.15) is 6.42 Å². The molecular formula is C17H24F2N4O2. The van der Waals surface area contributed by atoms with Crippen molar-refractivity contribution in [3.63, 3.8) is 0 Å². The van der Waals surface area contributed by atoms with Gasteiger partial charge >= 0.3 is 6.03 Å². The lowest BCUT2D eigenvalue weighted by Gasteiger charge is -2.28. The van der Waals surface area contributed by atoms with Crippen molar-refractivity contribution < 1.29 is 18.3 Å². The Labute approximate surface area is 146 Å². The van der Waals surface area contributed by atoms with Gasteiger partial charge in [0.15, 0.2) is 0 Å². The molecule has 1 fully saturated rings. The molecule has 0 saturated carbocycles. The predicted octanol–water partition coefficient (Wildman–Crippen LogP) is 2.32. The van der Waals surface area contributed by atoms with Crippen LogP contribution < -0.4 is 15.0 Å². The number of nitrogens with zero attached hydrogens (tertiary/aromatic N) is 3. The van der Waals surface area contributed by atoms with Crippen LogP contribution in [0.5, 0.6) is 5.75 Å². The van der Waals surface area contributed by atoms with Crippen LogP contribution in [0.15, 0.2) is 18.2 Å². The average molecular weight is 354 g/mol. The summed E-state index contributed by atoms with van der Waals surface area (Å²) in [7, 11) is 1.99. The van der Waals surface area contributed by atoms with E-state index in [-0.39, 0.29) is 12.6 Å². The topological polar surface area (TPSA) is 48.1 Å². The van der Waals surface area contributed by atoms with Crippen molar-refractivity contribution in [3.05, 3.63) is 18.2 Å². The number of carbonyl (C=O) groups is 1. The van der Waals surface area contributed by atoms with E-state index in [2.05, 4.69) is 10.2 Å². The second kappa shape index (κ2) is 7.86. The molecule has 1 N–H and O–H groups in total. The third-order valence-electron chi connectivity index (χ3n) is 4.58. The van der Waals surface area contributed by atoms with E-state index in [4.69, 9.17) is 4.74 Å². The van der Waals surface area contributed by atoms with Crippen LogP contribution >= 0.6 is 0 Å². The minimum absolute atomic E-state index is 0.196. The van der Waals surface area contributed by atoms with Crippen molar-refractivity contribution in [1.82, 2.24) is 9.80 Å². The van der Waals surface area contributed by atoms with Gasteiger partial charge in [-0.1, -0.05) is 0 Å². The van der Waals surface area contributed by atoms with E-state index in [1.165, 1.54) is 0 Å². The number of halogens is 2. The Balaban J connectivity index is 1.60. The SMILES string of the molecule is CN1CCOc2ccc(NC(=O)N3CCCN(CC(F)F)CC3)cc21. The van der Waals surface area contributed by atoms with Gasteiger partial charge in [0.2, 0.25) is 0 Å². The summed E-state index contributed by atoms with van der Waals surface area (Å²) >= 11 is 0. The summed E-state index contributed by atoms with van der Waals surface area (Å²) in [6.45, 7) is 3.31. The second-order valence-electron chi connectivity index (χ2n) is 6.41. The number of benzene rings is 1.